The van der Waals surface area contributed by atoms with Crippen molar-refractivity contribution in [2.45, 2.75) is 53.4 Å². The van der Waals surface area contributed by atoms with Crippen LogP contribution in [0.25, 0.3) is 0 Å². The summed E-state index contributed by atoms with van der Waals surface area (Å²) in [4.78, 5) is 22.5. The molecule has 0 unspecified atom stereocenters. The van der Waals surface area contributed by atoms with Crippen LogP contribution >= 0.6 is 0 Å². The Labute approximate surface area is 87.1 Å². The predicted octanol–water partition coefficient (Wildman–Crippen LogP) is 3.00. The van der Waals surface area contributed by atoms with E-state index < -0.39 is 10.8 Å². The lowest BCUT2D eigenvalue weighted by atomic mass is 9.59. The van der Waals surface area contributed by atoms with Gasteiger partial charge in [-0.25, -0.2) is 0 Å². The van der Waals surface area contributed by atoms with Gasteiger partial charge < -0.3 is 9.59 Å². The van der Waals surface area contributed by atoms with Crippen molar-refractivity contribution < 1.29 is 9.59 Å². The normalized spacial score (nSPS) is 12.6. The highest BCUT2D eigenvalue weighted by molar-refractivity contribution is 5.72. The molecule has 0 aromatic heterocycles. The Balaban J connectivity index is 5.29. The molecule has 0 amide bonds. The number of carbonyl (C=O) groups is 2. The van der Waals surface area contributed by atoms with Gasteiger partial charge in [0, 0.05) is 10.8 Å². The predicted molar refractivity (Wildman–Crippen MR) is 58.2 cm³/mol. The molecule has 0 heterocycles. The second-order valence-electron chi connectivity index (χ2n) is 3.96. The second-order valence-corrected chi connectivity index (χ2v) is 3.96. The Hall–Kier alpha value is -0.660. The van der Waals surface area contributed by atoms with Crippen LogP contribution < -0.4 is 0 Å². The molecule has 0 spiro atoms. The van der Waals surface area contributed by atoms with E-state index in [2.05, 4.69) is 0 Å². The summed E-state index contributed by atoms with van der Waals surface area (Å²) in [5, 5.41) is 0. The van der Waals surface area contributed by atoms with Gasteiger partial charge in [0.1, 0.15) is 12.6 Å². The first-order valence-electron chi connectivity index (χ1n) is 5.54. The van der Waals surface area contributed by atoms with Gasteiger partial charge in [-0.05, 0) is 25.7 Å². The lowest BCUT2D eigenvalue weighted by molar-refractivity contribution is -0.136. The van der Waals surface area contributed by atoms with E-state index in [-0.39, 0.29) is 0 Å². The number of aldehydes is 2. The Morgan fingerprint density at radius 1 is 0.714 bits per heavy atom. The fourth-order valence-electron chi connectivity index (χ4n) is 2.48. The number of carbonyl (C=O) groups excluding carboxylic acids is 2. The van der Waals surface area contributed by atoms with Gasteiger partial charge in [-0.1, -0.05) is 27.7 Å². The average molecular weight is 198 g/mol. The van der Waals surface area contributed by atoms with Crippen LogP contribution in [0.2, 0.25) is 0 Å². The van der Waals surface area contributed by atoms with Crippen molar-refractivity contribution in [3.63, 3.8) is 0 Å². The maximum atomic E-state index is 11.3. The summed E-state index contributed by atoms with van der Waals surface area (Å²) in [6.07, 6.45) is 4.96. The van der Waals surface area contributed by atoms with Crippen LogP contribution in [-0.2, 0) is 9.59 Å². The van der Waals surface area contributed by atoms with E-state index >= 15 is 0 Å². The standard InChI is InChI=1S/C12H22O2/c1-5-11(6-2,9-13)12(7-3,8-4)10-14/h9-10H,5-8H2,1-4H3. The van der Waals surface area contributed by atoms with Crippen molar-refractivity contribution in [1.29, 1.82) is 0 Å². The van der Waals surface area contributed by atoms with Crippen LogP contribution in [-0.4, -0.2) is 12.6 Å². The molecule has 0 aliphatic rings. The van der Waals surface area contributed by atoms with Gasteiger partial charge >= 0.3 is 0 Å². The molecule has 0 saturated heterocycles. The molecule has 0 aromatic carbocycles. The van der Waals surface area contributed by atoms with Gasteiger partial charge in [-0.15, -0.1) is 0 Å². The smallest absolute Gasteiger partial charge is 0.127 e. The molecule has 2 heteroatoms. The number of rotatable bonds is 7. The first kappa shape index (κ1) is 13.3. The van der Waals surface area contributed by atoms with Crippen molar-refractivity contribution in [3.05, 3.63) is 0 Å². The van der Waals surface area contributed by atoms with E-state index in [1.165, 1.54) is 0 Å². The molecule has 14 heavy (non-hydrogen) atoms. The zero-order valence-corrected chi connectivity index (χ0v) is 9.80. The Kier molecular flexibility index (Phi) is 5.03. The second kappa shape index (κ2) is 5.28. The summed E-state index contributed by atoms with van der Waals surface area (Å²) >= 11 is 0. The summed E-state index contributed by atoms with van der Waals surface area (Å²) in [5.74, 6) is 0. The van der Waals surface area contributed by atoms with Crippen molar-refractivity contribution in [1.82, 2.24) is 0 Å². The van der Waals surface area contributed by atoms with Crippen molar-refractivity contribution in [2.75, 3.05) is 0 Å². The third-order valence-electron chi connectivity index (χ3n) is 3.97. The summed E-state index contributed by atoms with van der Waals surface area (Å²) in [6.45, 7) is 7.95. The van der Waals surface area contributed by atoms with Crippen LogP contribution in [0.15, 0.2) is 0 Å². The fourth-order valence-corrected chi connectivity index (χ4v) is 2.48. The molecule has 0 saturated carbocycles. The molecule has 0 fully saturated rings. The van der Waals surface area contributed by atoms with Gasteiger partial charge in [0.2, 0.25) is 0 Å². The molecule has 0 bridgehead atoms. The molecule has 0 atom stereocenters. The number of hydrogen-bond donors (Lipinski definition) is 0. The van der Waals surface area contributed by atoms with Crippen molar-refractivity contribution in [2.24, 2.45) is 10.8 Å². The molecular formula is C12H22O2. The largest absolute Gasteiger partial charge is 0.303 e. The fraction of sp³-hybridized carbons (Fsp3) is 0.833. The van der Waals surface area contributed by atoms with Gasteiger partial charge in [0.05, 0.1) is 0 Å². The maximum absolute atomic E-state index is 11.3. The average Bonchev–Trinajstić information content (AvgIpc) is 2.27. The summed E-state index contributed by atoms with van der Waals surface area (Å²) in [7, 11) is 0. The zero-order valence-electron chi connectivity index (χ0n) is 9.80. The third-order valence-corrected chi connectivity index (χ3v) is 3.97. The van der Waals surface area contributed by atoms with Gasteiger partial charge in [0.15, 0.2) is 0 Å². The van der Waals surface area contributed by atoms with Gasteiger partial charge in [-0.2, -0.15) is 0 Å². The highest BCUT2D eigenvalue weighted by atomic mass is 16.1. The lowest BCUT2D eigenvalue weighted by Gasteiger charge is -2.42. The third kappa shape index (κ3) is 1.75. The van der Waals surface area contributed by atoms with Crippen LogP contribution in [0.5, 0.6) is 0 Å². The van der Waals surface area contributed by atoms with Crippen LogP contribution in [0, 0.1) is 10.8 Å². The molecular weight excluding hydrogens is 176 g/mol. The molecule has 0 aromatic rings. The minimum atomic E-state index is -0.460. The molecule has 0 rings (SSSR count). The van der Waals surface area contributed by atoms with E-state index in [4.69, 9.17) is 0 Å². The SMILES string of the molecule is CCC(C=O)(CC)C(C=O)(CC)CC. The molecule has 0 aliphatic heterocycles. The van der Waals surface area contributed by atoms with E-state index in [9.17, 15) is 9.59 Å². The van der Waals surface area contributed by atoms with Gasteiger partial charge in [0.25, 0.3) is 0 Å². The van der Waals surface area contributed by atoms with Crippen molar-refractivity contribution >= 4 is 12.6 Å². The number of hydrogen-bond acceptors (Lipinski definition) is 2. The molecule has 2 nitrogen and oxygen atoms in total. The first-order valence-corrected chi connectivity index (χ1v) is 5.54. The van der Waals surface area contributed by atoms with Gasteiger partial charge in [-0.3, -0.25) is 0 Å². The minimum Gasteiger partial charge on any atom is -0.303 e. The molecule has 0 radical (unpaired) electrons. The molecule has 82 valence electrons. The van der Waals surface area contributed by atoms with Crippen LogP contribution in [0.3, 0.4) is 0 Å². The minimum absolute atomic E-state index is 0.460. The summed E-state index contributed by atoms with van der Waals surface area (Å²) in [5.41, 5.74) is -0.920. The first-order chi connectivity index (χ1) is 6.61. The molecule has 0 N–H and O–H groups in total. The van der Waals surface area contributed by atoms with Crippen LogP contribution in [0.1, 0.15) is 53.4 Å². The monoisotopic (exact) mass is 198 g/mol. The Morgan fingerprint density at radius 2 is 0.929 bits per heavy atom. The van der Waals surface area contributed by atoms with E-state index in [1.807, 2.05) is 27.7 Å². The Morgan fingerprint density at radius 3 is 1.00 bits per heavy atom. The Bertz CT molecular complexity index is 166. The zero-order chi connectivity index (χ0) is 11.2. The quantitative estimate of drug-likeness (QED) is 0.589. The topological polar surface area (TPSA) is 34.1 Å². The highest BCUT2D eigenvalue weighted by Gasteiger charge is 2.46. The summed E-state index contributed by atoms with van der Waals surface area (Å²) < 4.78 is 0. The maximum Gasteiger partial charge on any atom is 0.127 e. The van der Waals surface area contributed by atoms with E-state index in [0.717, 1.165) is 38.3 Å². The molecule has 0 aliphatic carbocycles. The summed E-state index contributed by atoms with van der Waals surface area (Å²) in [6, 6.07) is 0. The van der Waals surface area contributed by atoms with E-state index in [0.29, 0.717) is 0 Å². The van der Waals surface area contributed by atoms with Crippen molar-refractivity contribution in [3.8, 4) is 0 Å². The van der Waals surface area contributed by atoms with Crippen LogP contribution in [0.4, 0.5) is 0 Å². The lowest BCUT2D eigenvalue weighted by Crippen LogP contribution is -2.43. The van der Waals surface area contributed by atoms with E-state index in [1.54, 1.807) is 0 Å². The highest BCUT2D eigenvalue weighted by Crippen LogP contribution is 2.46.